The van der Waals surface area contributed by atoms with Crippen LogP contribution in [0.25, 0.3) is 0 Å². The van der Waals surface area contributed by atoms with Crippen molar-refractivity contribution >= 4 is 5.78 Å². The monoisotopic (exact) mass is 271 g/mol. The molecule has 3 N–H and O–H groups in total. The molecule has 0 saturated heterocycles. The molecule has 0 fully saturated rings. The summed E-state index contributed by atoms with van der Waals surface area (Å²) in [5.41, 5.74) is 0.451. The normalized spacial score (nSPS) is 17.4. The van der Waals surface area contributed by atoms with E-state index in [0.717, 1.165) is 0 Å². The van der Waals surface area contributed by atoms with Gasteiger partial charge in [-0.05, 0) is 36.4 Å². The van der Waals surface area contributed by atoms with E-state index in [9.17, 15) is 20.1 Å². The molecule has 1 radical (unpaired) electrons. The average Bonchev–Trinajstić information content (AvgIpc) is 2.41. The van der Waals surface area contributed by atoms with Crippen molar-refractivity contribution in [3.8, 4) is 23.0 Å². The molecule has 5 heteroatoms. The van der Waals surface area contributed by atoms with Crippen LogP contribution in [0.2, 0.25) is 0 Å². The first kappa shape index (κ1) is 12.3. The lowest BCUT2D eigenvalue weighted by molar-refractivity contribution is 0.0842. The van der Waals surface area contributed by atoms with Crippen LogP contribution in [0.1, 0.15) is 28.4 Å². The van der Waals surface area contributed by atoms with Gasteiger partial charge < -0.3 is 20.1 Å². The number of fused-ring (bicyclic) bond motifs is 1. The summed E-state index contributed by atoms with van der Waals surface area (Å²) >= 11 is 0. The molecule has 5 nitrogen and oxygen atoms in total. The first-order chi connectivity index (χ1) is 9.56. The lowest BCUT2D eigenvalue weighted by Gasteiger charge is -2.26. The zero-order valence-electron chi connectivity index (χ0n) is 10.3. The zero-order valence-corrected chi connectivity index (χ0v) is 10.3. The molecule has 1 heterocycles. The second-order valence-corrected chi connectivity index (χ2v) is 4.56. The van der Waals surface area contributed by atoms with Crippen molar-refractivity contribution in [3.63, 3.8) is 0 Å². The molecule has 101 valence electrons. The van der Waals surface area contributed by atoms with Crippen molar-refractivity contribution in [3.05, 3.63) is 47.5 Å². The Hall–Kier alpha value is -2.69. The molecule has 0 aliphatic carbocycles. The molecule has 1 aliphatic rings. The van der Waals surface area contributed by atoms with Crippen LogP contribution in [0, 0.1) is 6.07 Å². The predicted molar refractivity (Wildman–Crippen MR) is 69.0 cm³/mol. The van der Waals surface area contributed by atoms with Crippen molar-refractivity contribution in [1.82, 2.24) is 0 Å². The van der Waals surface area contributed by atoms with Crippen molar-refractivity contribution in [1.29, 1.82) is 0 Å². The molecular weight excluding hydrogens is 260 g/mol. The molecular formula is C15H11O5. The quantitative estimate of drug-likeness (QED) is 0.693. The first-order valence-corrected chi connectivity index (χ1v) is 6.01. The van der Waals surface area contributed by atoms with E-state index in [0.29, 0.717) is 5.56 Å². The highest BCUT2D eigenvalue weighted by molar-refractivity contribution is 6.02. The molecule has 1 atom stereocenters. The lowest BCUT2D eigenvalue weighted by atomic mass is 9.95. The molecule has 0 amide bonds. The molecule has 2 aromatic rings. The summed E-state index contributed by atoms with van der Waals surface area (Å²) in [6.07, 6.45) is -0.737. The minimum absolute atomic E-state index is 0.0258. The highest BCUT2D eigenvalue weighted by Crippen LogP contribution is 2.41. The maximum absolute atomic E-state index is 12.1. The average molecular weight is 271 g/mol. The second kappa shape index (κ2) is 4.45. The van der Waals surface area contributed by atoms with E-state index >= 15 is 0 Å². The van der Waals surface area contributed by atoms with Gasteiger partial charge in [0, 0.05) is 5.56 Å². The highest BCUT2D eigenvalue weighted by atomic mass is 16.5. The number of carbonyl (C=O) groups excluding carboxylic acids is 1. The van der Waals surface area contributed by atoms with Crippen LogP contribution in [-0.2, 0) is 0 Å². The Balaban J connectivity index is 2.04. The second-order valence-electron chi connectivity index (χ2n) is 4.56. The lowest BCUT2D eigenvalue weighted by Crippen LogP contribution is -2.20. The summed E-state index contributed by atoms with van der Waals surface area (Å²) in [6.45, 7) is 0. The van der Waals surface area contributed by atoms with Crippen molar-refractivity contribution in [2.75, 3.05) is 0 Å². The number of ether oxygens (including phenoxy) is 1. The van der Waals surface area contributed by atoms with Crippen LogP contribution in [0.4, 0.5) is 0 Å². The number of Topliss-reactive ketones (excluding diaryl/α,β-unsaturated/α-hetero) is 1. The number of carbonyl (C=O) groups is 1. The Morgan fingerprint density at radius 1 is 1.15 bits per heavy atom. The summed E-state index contributed by atoms with van der Waals surface area (Å²) in [5, 5.41) is 29.0. The molecule has 1 aliphatic heterocycles. The molecule has 0 bridgehead atoms. The van der Waals surface area contributed by atoms with Crippen molar-refractivity contribution in [2.24, 2.45) is 0 Å². The minimum Gasteiger partial charge on any atom is -0.508 e. The Morgan fingerprint density at radius 3 is 2.75 bits per heavy atom. The van der Waals surface area contributed by atoms with Gasteiger partial charge in [-0.3, -0.25) is 4.79 Å². The standard InChI is InChI=1S/C15H11O5/c16-8-4-5-10(17)9(6-8)14-7-12(19)15-11(18)2-1-3-13(15)20-14/h2-6,14,16-18H,7H2/t14-/m0/s1. The van der Waals surface area contributed by atoms with E-state index in [4.69, 9.17) is 4.74 Å². The van der Waals surface area contributed by atoms with Gasteiger partial charge in [-0.25, -0.2) is 0 Å². The molecule has 20 heavy (non-hydrogen) atoms. The Kier molecular flexibility index (Phi) is 2.75. The van der Waals surface area contributed by atoms with Crippen molar-refractivity contribution in [2.45, 2.75) is 12.5 Å². The van der Waals surface area contributed by atoms with Gasteiger partial charge in [-0.2, -0.15) is 0 Å². The predicted octanol–water partition coefficient (Wildman–Crippen LogP) is 2.31. The van der Waals surface area contributed by atoms with Gasteiger partial charge in [0.05, 0.1) is 6.42 Å². The van der Waals surface area contributed by atoms with E-state index in [-0.39, 0.29) is 40.8 Å². The molecule has 0 aromatic heterocycles. The van der Waals surface area contributed by atoms with Gasteiger partial charge in [0.2, 0.25) is 0 Å². The van der Waals surface area contributed by atoms with Crippen LogP contribution >= 0.6 is 0 Å². The Bertz CT molecular complexity index is 693. The third-order valence-corrected chi connectivity index (χ3v) is 3.21. The van der Waals surface area contributed by atoms with E-state index < -0.39 is 6.10 Å². The van der Waals surface area contributed by atoms with E-state index in [2.05, 4.69) is 6.07 Å². The fraction of sp³-hybridized carbons (Fsp3) is 0.133. The third kappa shape index (κ3) is 1.93. The van der Waals surface area contributed by atoms with Gasteiger partial charge in [-0.15, -0.1) is 0 Å². The van der Waals surface area contributed by atoms with Crippen LogP contribution in [0.5, 0.6) is 23.0 Å². The summed E-state index contributed by atoms with van der Waals surface area (Å²) in [7, 11) is 0. The Morgan fingerprint density at radius 2 is 1.95 bits per heavy atom. The number of hydrogen-bond acceptors (Lipinski definition) is 5. The fourth-order valence-corrected chi connectivity index (χ4v) is 2.28. The number of hydrogen-bond donors (Lipinski definition) is 3. The Labute approximate surface area is 114 Å². The van der Waals surface area contributed by atoms with Crippen LogP contribution in [0.15, 0.2) is 30.3 Å². The minimum atomic E-state index is -0.711. The van der Waals surface area contributed by atoms with Crippen molar-refractivity contribution < 1.29 is 24.9 Å². The molecule has 0 spiro atoms. The van der Waals surface area contributed by atoms with Crippen LogP contribution in [0.3, 0.4) is 0 Å². The van der Waals surface area contributed by atoms with E-state index in [1.807, 2.05) is 0 Å². The molecule has 2 aromatic carbocycles. The summed E-state index contributed by atoms with van der Waals surface area (Å²) < 4.78 is 5.62. The zero-order chi connectivity index (χ0) is 14.3. The van der Waals surface area contributed by atoms with Gasteiger partial charge in [0.1, 0.15) is 34.7 Å². The number of aromatic hydroxyl groups is 3. The number of benzene rings is 2. The highest BCUT2D eigenvalue weighted by Gasteiger charge is 2.31. The third-order valence-electron chi connectivity index (χ3n) is 3.21. The fourth-order valence-electron chi connectivity index (χ4n) is 2.28. The summed E-state index contributed by atoms with van der Waals surface area (Å²) in [6, 6.07) is 9.46. The topological polar surface area (TPSA) is 87.0 Å². The molecule has 0 saturated carbocycles. The number of phenols is 3. The number of rotatable bonds is 1. The maximum Gasteiger partial charge on any atom is 0.174 e. The SMILES string of the molecule is O=C1C[C@@H](c2cc(O)ccc2O)Oc2c[c]cc(O)c21. The first-order valence-electron chi connectivity index (χ1n) is 6.01. The van der Waals surface area contributed by atoms with Gasteiger partial charge in [0.25, 0.3) is 0 Å². The van der Waals surface area contributed by atoms with Gasteiger partial charge in [0.15, 0.2) is 5.78 Å². The summed E-state index contributed by atoms with van der Waals surface area (Å²) in [5.74, 6) is -0.333. The van der Waals surface area contributed by atoms with Crippen LogP contribution < -0.4 is 4.74 Å². The van der Waals surface area contributed by atoms with Crippen LogP contribution in [-0.4, -0.2) is 21.1 Å². The smallest absolute Gasteiger partial charge is 0.174 e. The maximum atomic E-state index is 12.1. The molecule has 0 unspecified atom stereocenters. The van der Waals surface area contributed by atoms with E-state index in [1.54, 1.807) is 0 Å². The van der Waals surface area contributed by atoms with Gasteiger partial charge >= 0.3 is 0 Å². The number of ketones is 1. The number of phenolic OH excluding ortho intramolecular Hbond substituents is 3. The largest absolute Gasteiger partial charge is 0.508 e. The van der Waals surface area contributed by atoms with Gasteiger partial charge in [-0.1, -0.05) is 0 Å². The molecule has 3 rings (SSSR count). The van der Waals surface area contributed by atoms with E-state index in [1.165, 1.54) is 30.3 Å². The summed E-state index contributed by atoms with van der Waals surface area (Å²) in [4.78, 5) is 12.1.